The first-order chi connectivity index (χ1) is 10.4. The molecular weight excluding hydrogens is 258 g/mol. The molecule has 3 saturated heterocycles. The van der Waals surface area contributed by atoms with Crippen molar-refractivity contribution in [2.45, 2.75) is 37.8 Å². The summed E-state index contributed by atoms with van der Waals surface area (Å²) >= 11 is 0. The molecule has 0 saturated carbocycles. The van der Waals surface area contributed by atoms with E-state index in [4.69, 9.17) is 0 Å². The first-order valence-corrected chi connectivity index (χ1v) is 8.67. The highest BCUT2D eigenvalue weighted by Crippen LogP contribution is 2.30. The fraction of sp³-hybridized carbons (Fsp3) is 0.667. The number of rotatable bonds is 2. The first kappa shape index (κ1) is 13.6. The number of likely N-dealkylation sites (tertiary alicyclic amines) is 1. The van der Waals surface area contributed by atoms with Crippen molar-refractivity contribution in [3.8, 4) is 0 Å². The van der Waals surface area contributed by atoms with Crippen LogP contribution in [0.3, 0.4) is 0 Å². The van der Waals surface area contributed by atoms with E-state index in [0.29, 0.717) is 0 Å². The third-order valence-corrected chi connectivity index (χ3v) is 5.73. The fourth-order valence-corrected chi connectivity index (χ4v) is 4.51. The average molecular weight is 285 g/mol. The van der Waals surface area contributed by atoms with Gasteiger partial charge in [-0.15, -0.1) is 0 Å². The van der Waals surface area contributed by atoms with Gasteiger partial charge in [0.25, 0.3) is 0 Å². The molecule has 4 rings (SSSR count). The smallest absolute Gasteiger partial charge is 0.0366 e. The van der Waals surface area contributed by atoms with Crippen molar-refractivity contribution in [2.24, 2.45) is 5.92 Å². The third-order valence-electron chi connectivity index (χ3n) is 5.73. The minimum atomic E-state index is 0.783. The minimum Gasteiger partial charge on any atom is -0.371 e. The number of hydrogen-bond donors (Lipinski definition) is 1. The number of hydrogen-bond acceptors (Lipinski definition) is 3. The summed E-state index contributed by atoms with van der Waals surface area (Å²) in [6, 6.07) is 12.5. The lowest BCUT2D eigenvalue weighted by Gasteiger charge is -2.38. The van der Waals surface area contributed by atoms with Gasteiger partial charge >= 0.3 is 0 Å². The zero-order valence-electron chi connectivity index (χ0n) is 12.9. The van der Waals surface area contributed by atoms with Gasteiger partial charge in [-0.05, 0) is 50.3 Å². The highest BCUT2D eigenvalue weighted by molar-refractivity contribution is 5.46. The van der Waals surface area contributed by atoms with Crippen LogP contribution in [0.15, 0.2) is 30.3 Å². The summed E-state index contributed by atoms with van der Waals surface area (Å²) in [6.07, 6.45) is 5.47. The molecule has 2 atom stereocenters. The standard InChI is InChI=1S/C18H27N3/c1-2-6-16(7-3-1)20-11-8-17(9-12-20)21-13-15-5-4-10-19-18(15)14-21/h1-3,6-7,15,17-19H,4-5,8-14H2. The molecule has 3 heterocycles. The van der Waals surface area contributed by atoms with Gasteiger partial charge in [-0.2, -0.15) is 0 Å². The van der Waals surface area contributed by atoms with Gasteiger partial charge in [-0.25, -0.2) is 0 Å². The predicted molar refractivity (Wildman–Crippen MR) is 87.8 cm³/mol. The summed E-state index contributed by atoms with van der Waals surface area (Å²) in [4.78, 5) is 5.34. The Balaban J connectivity index is 1.33. The van der Waals surface area contributed by atoms with Gasteiger partial charge in [0, 0.05) is 44.0 Å². The van der Waals surface area contributed by atoms with Crippen molar-refractivity contribution in [1.29, 1.82) is 0 Å². The quantitative estimate of drug-likeness (QED) is 0.900. The summed E-state index contributed by atoms with van der Waals surface area (Å²) in [5.74, 6) is 0.922. The monoisotopic (exact) mass is 285 g/mol. The minimum absolute atomic E-state index is 0.783. The molecule has 0 radical (unpaired) electrons. The van der Waals surface area contributed by atoms with Crippen molar-refractivity contribution < 1.29 is 0 Å². The topological polar surface area (TPSA) is 18.5 Å². The Morgan fingerprint density at radius 1 is 0.952 bits per heavy atom. The number of benzene rings is 1. The van der Waals surface area contributed by atoms with Crippen molar-refractivity contribution >= 4 is 5.69 Å². The van der Waals surface area contributed by atoms with Crippen molar-refractivity contribution in [3.05, 3.63) is 30.3 Å². The fourth-order valence-electron chi connectivity index (χ4n) is 4.51. The number of nitrogens with one attached hydrogen (secondary N) is 1. The van der Waals surface area contributed by atoms with E-state index in [1.165, 1.54) is 64.1 Å². The van der Waals surface area contributed by atoms with Gasteiger partial charge < -0.3 is 10.2 Å². The molecule has 0 aromatic heterocycles. The maximum atomic E-state index is 3.73. The van der Waals surface area contributed by atoms with Crippen LogP contribution >= 0.6 is 0 Å². The number of para-hydroxylation sites is 1. The Bertz CT molecular complexity index is 439. The molecule has 0 amide bonds. The van der Waals surface area contributed by atoms with E-state index < -0.39 is 0 Å². The second-order valence-electron chi connectivity index (χ2n) is 6.97. The van der Waals surface area contributed by atoms with E-state index in [2.05, 4.69) is 45.4 Å². The third kappa shape index (κ3) is 2.82. The molecule has 2 unspecified atom stereocenters. The van der Waals surface area contributed by atoms with Gasteiger partial charge in [0.2, 0.25) is 0 Å². The molecule has 1 aromatic rings. The summed E-state index contributed by atoms with van der Waals surface area (Å²) in [6.45, 7) is 6.30. The number of fused-ring (bicyclic) bond motifs is 1. The normalized spacial score (nSPS) is 31.3. The molecule has 0 spiro atoms. The SMILES string of the molecule is c1ccc(N2CCC(N3CC4CCCNC4C3)CC2)cc1. The molecular formula is C18H27N3. The molecule has 3 nitrogen and oxygen atoms in total. The van der Waals surface area contributed by atoms with E-state index in [9.17, 15) is 0 Å². The van der Waals surface area contributed by atoms with E-state index in [-0.39, 0.29) is 0 Å². The molecule has 3 aliphatic heterocycles. The van der Waals surface area contributed by atoms with Crippen LogP contribution in [0.2, 0.25) is 0 Å². The molecule has 21 heavy (non-hydrogen) atoms. The number of nitrogens with zero attached hydrogens (tertiary/aromatic N) is 2. The van der Waals surface area contributed by atoms with E-state index in [1.807, 2.05) is 0 Å². The van der Waals surface area contributed by atoms with Crippen molar-refractivity contribution in [3.63, 3.8) is 0 Å². The second-order valence-corrected chi connectivity index (χ2v) is 6.97. The highest BCUT2D eigenvalue weighted by Gasteiger charge is 2.37. The van der Waals surface area contributed by atoms with Gasteiger partial charge in [-0.1, -0.05) is 18.2 Å². The Morgan fingerprint density at radius 2 is 1.76 bits per heavy atom. The number of anilines is 1. The van der Waals surface area contributed by atoms with E-state index in [1.54, 1.807) is 0 Å². The Morgan fingerprint density at radius 3 is 2.52 bits per heavy atom. The van der Waals surface area contributed by atoms with Gasteiger partial charge in [0.1, 0.15) is 0 Å². The molecule has 3 fully saturated rings. The van der Waals surface area contributed by atoms with E-state index >= 15 is 0 Å². The molecule has 1 N–H and O–H groups in total. The summed E-state index contributed by atoms with van der Waals surface area (Å²) in [5, 5.41) is 3.73. The lowest BCUT2D eigenvalue weighted by atomic mass is 9.94. The maximum Gasteiger partial charge on any atom is 0.0366 e. The maximum absolute atomic E-state index is 3.73. The van der Waals surface area contributed by atoms with Crippen LogP contribution < -0.4 is 10.2 Å². The zero-order valence-corrected chi connectivity index (χ0v) is 12.9. The Labute approximate surface area is 128 Å². The highest BCUT2D eigenvalue weighted by atomic mass is 15.2. The van der Waals surface area contributed by atoms with Gasteiger partial charge in [-0.3, -0.25) is 4.90 Å². The first-order valence-electron chi connectivity index (χ1n) is 8.67. The molecule has 1 aromatic carbocycles. The Hall–Kier alpha value is -1.06. The zero-order chi connectivity index (χ0) is 14.1. The second kappa shape index (κ2) is 5.98. The molecule has 0 bridgehead atoms. The predicted octanol–water partition coefficient (Wildman–Crippen LogP) is 2.34. The lowest BCUT2D eigenvalue weighted by Crippen LogP contribution is -2.45. The molecule has 0 aliphatic carbocycles. The van der Waals surface area contributed by atoms with Crippen LogP contribution in [0.1, 0.15) is 25.7 Å². The van der Waals surface area contributed by atoms with E-state index in [0.717, 1.165) is 18.0 Å². The van der Waals surface area contributed by atoms with Gasteiger partial charge in [0.15, 0.2) is 0 Å². The van der Waals surface area contributed by atoms with Crippen LogP contribution in [0.25, 0.3) is 0 Å². The van der Waals surface area contributed by atoms with Crippen LogP contribution in [0, 0.1) is 5.92 Å². The van der Waals surface area contributed by atoms with Crippen molar-refractivity contribution in [1.82, 2.24) is 10.2 Å². The summed E-state index contributed by atoms with van der Waals surface area (Å²) in [7, 11) is 0. The van der Waals surface area contributed by atoms with Crippen LogP contribution in [0.5, 0.6) is 0 Å². The summed E-state index contributed by atoms with van der Waals surface area (Å²) < 4.78 is 0. The largest absolute Gasteiger partial charge is 0.371 e. The molecule has 114 valence electrons. The van der Waals surface area contributed by atoms with Crippen LogP contribution in [0.4, 0.5) is 5.69 Å². The molecule has 3 heteroatoms. The van der Waals surface area contributed by atoms with Crippen LogP contribution in [-0.4, -0.2) is 49.7 Å². The molecule has 3 aliphatic rings. The van der Waals surface area contributed by atoms with Gasteiger partial charge in [0.05, 0.1) is 0 Å². The van der Waals surface area contributed by atoms with Crippen molar-refractivity contribution in [2.75, 3.05) is 37.6 Å². The lowest BCUT2D eigenvalue weighted by molar-refractivity contribution is 0.199. The summed E-state index contributed by atoms with van der Waals surface area (Å²) in [5.41, 5.74) is 1.40. The average Bonchev–Trinajstić information content (AvgIpc) is 3.00. The Kier molecular flexibility index (Phi) is 3.87. The number of piperidine rings is 2. The van der Waals surface area contributed by atoms with Crippen LogP contribution in [-0.2, 0) is 0 Å².